The maximum atomic E-state index is 11.7. The SMILES string of the molecule is Cc1nc(CNC(=O)c2csc(I)c2)cs1. The Morgan fingerprint density at radius 2 is 2.31 bits per heavy atom. The van der Waals surface area contributed by atoms with Crippen molar-refractivity contribution in [1.82, 2.24) is 10.3 Å². The zero-order valence-corrected chi connectivity index (χ0v) is 12.3. The Kier molecular flexibility index (Phi) is 3.93. The highest BCUT2D eigenvalue weighted by Crippen LogP contribution is 2.16. The van der Waals surface area contributed by atoms with Gasteiger partial charge in [0.15, 0.2) is 0 Å². The van der Waals surface area contributed by atoms with Crippen molar-refractivity contribution in [1.29, 1.82) is 0 Å². The summed E-state index contributed by atoms with van der Waals surface area (Å²) in [6.45, 7) is 2.45. The number of nitrogens with one attached hydrogen (secondary N) is 1. The van der Waals surface area contributed by atoms with Crippen LogP contribution >= 0.6 is 45.3 Å². The lowest BCUT2D eigenvalue weighted by Gasteiger charge is -2.00. The molecule has 84 valence electrons. The molecule has 2 aromatic rings. The predicted octanol–water partition coefficient (Wildman–Crippen LogP) is 3.05. The number of hydrogen-bond donors (Lipinski definition) is 1. The van der Waals surface area contributed by atoms with Crippen molar-refractivity contribution in [2.75, 3.05) is 0 Å². The van der Waals surface area contributed by atoms with Gasteiger partial charge in [-0.3, -0.25) is 4.79 Å². The van der Waals surface area contributed by atoms with Gasteiger partial charge in [0.1, 0.15) is 0 Å². The number of aromatic nitrogens is 1. The fourth-order valence-electron chi connectivity index (χ4n) is 1.19. The molecule has 16 heavy (non-hydrogen) atoms. The van der Waals surface area contributed by atoms with E-state index in [0.717, 1.165) is 19.1 Å². The Labute approximate surface area is 115 Å². The minimum Gasteiger partial charge on any atom is -0.346 e. The number of thiazole rings is 1. The van der Waals surface area contributed by atoms with E-state index in [-0.39, 0.29) is 5.91 Å². The second-order valence-electron chi connectivity index (χ2n) is 3.18. The number of carbonyl (C=O) groups is 1. The molecule has 0 atom stereocenters. The molecule has 0 saturated carbocycles. The Morgan fingerprint density at radius 3 is 2.88 bits per heavy atom. The molecule has 0 aliphatic carbocycles. The molecule has 0 aliphatic heterocycles. The third-order valence-electron chi connectivity index (χ3n) is 1.93. The van der Waals surface area contributed by atoms with Gasteiger partial charge in [0.05, 0.1) is 25.7 Å². The zero-order valence-electron chi connectivity index (χ0n) is 8.49. The highest BCUT2D eigenvalue weighted by atomic mass is 127. The summed E-state index contributed by atoms with van der Waals surface area (Å²) in [5.41, 5.74) is 1.64. The van der Waals surface area contributed by atoms with Crippen molar-refractivity contribution in [2.45, 2.75) is 13.5 Å². The third-order valence-corrected chi connectivity index (χ3v) is 4.54. The van der Waals surface area contributed by atoms with E-state index in [0.29, 0.717) is 6.54 Å². The number of rotatable bonds is 3. The van der Waals surface area contributed by atoms with Gasteiger partial charge in [0.25, 0.3) is 5.91 Å². The van der Waals surface area contributed by atoms with Crippen LogP contribution in [-0.4, -0.2) is 10.9 Å². The van der Waals surface area contributed by atoms with Gasteiger partial charge in [-0.15, -0.1) is 22.7 Å². The number of aryl methyl sites for hydroxylation is 1. The monoisotopic (exact) mass is 364 g/mol. The smallest absolute Gasteiger partial charge is 0.252 e. The molecule has 2 heterocycles. The molecule has 3 nitrogen and oxygen atoms in total. The van der Waals surface area contributed by atoms with Crippen LogP contribution in [0.4, 0.5) is 0 Å². The molecule has 0 bridgehead atoms. The molecule has 0 saturated heterocycles. The van der Waals surface area contributed by atoms with Gasteiger partial charge in [-0.05, 0) is 35.6 Å². The first kappa shape index (κ1) is 12.0. The standard InChI is InChI=1S/C10H9IN2OS2/c1-6-13-8(5-15-6)3-12-10(14)7-2-9(11)16-4-7/h2,4-5H,3H2,1H3,(H,12,14). The summed E-state index contributed by atoms with van der Waals surface area (Å²) in [7, 11) is 0. The van der Waals surface area contributed by atoms with Crippen LogP contribution < -0.4 is 5.32 Å². The highest BCUT2D eigenvalue weighted by Gasteiger charge is 2.08. The van der Waals surface area contributed by atoms with E-state index in [9.17, 15) is 4.79 Å². The maximum absolute atomic E-state index is 11.7. The van der Waals surface area contributed by atoms with E-state index in [1.54, 1.807) is 22.7 Å². The number of halogens is 1. The van der Waals surface area contributed by atoms with E-state index >= 15 is 0 Å². The molecule has 1 amide bonds. The number of nitrogens with zero attached hydrogens (tertiary/aromatic N) is 1. The van der Waals surface area contributed by atoms with Gasteiger partial charge in [0.2, 0.25) is 0 Å². The molecule has 6 heteroatoms. The minimum absolute atomic E-state index is 0.0372. The maximum Gasteiger partial charge on any atom is 0.252 e. The second-order valence-corrected chi connectivity index (χ2v) is 7.05. The molecule has 0 fully saturated rings. The summed E-state index contributed by atoms with van der Waals surface area (Å²) in [6.07, 6.45) is 0. The van der Waals surface area contributed by atoms with Crippen LogP contribution in [0.1, 0.15) is 21.1 Å². The first-order valence-corrected chi connectivity index (χ1v) is 7.42. The lowest BCUT2D eigenvalue weighted by Crippen LogP contribution is -2.22. The van der Waals surface area contributed by atoms with Crippen LogP contribution in [0, 0.1) is 9.81 Å². The van der Waals surface area contributed by atoms with Gasteiger partial charge in [0, 0.05) is 10.8 Å². The van der Waals surface area contributed by atoms with Crippen molar-refractivity contribution >= 4 is 51.2 Å². The van der Waals surface area contributed by atoms with Crippen molar-refractivity contribution in [2.24, 2.45) is 0 Å². The Balaban J connectivity index is 1.93. The topological polar surface area (TPSA) is 42.0 Å². The molecular formula is C10H9IN2OS2. The first-order chi connectivity index (χ1) is 7.65. The van der Waals surface area contributed by atoms with E-state index in [1.165, 1.54) is 0 Å². The summed E-state index contributed by atoms with van der Waals surface area (Å²) in [6, 6.07) is 1.88. The Bertz CT molecular complexity index is 506. The molecule has 2 rings (SSSR count). The van der Waals surface area contributed by atoms with Crippen LogP contribution in [0.5, 0.6) is 0 Å². The lowest BCUT2D eigenvalue weighted by atomic mass is 10.3. The van der Waals surface area contributed by atoms with Crippen LogP contribution in [0.15, 0.2) is 16.8 Å². The van der Waals surface area contributed by atoms with E-state index in [4.69, 9.17) is 0 Å². The summed E-state index contributed by atoms with van der Waals surface area (Å²) in [5, 5.41) is 7.70. The Morgan fingerprint density at radius 1 is 1.50 bits per heavy atom. The van der Waals surface area contributed by atoms with Gasteiger partial charge in [-0.1, -0.05) is 0 Å². The van der Waals surface area contributed by atoms with Crippen LogP contribution in [-0.2, 0) is 6.54 Å². The third kappa shape index (κ3) is 3.02. The van der Waals surface area contributed by atoms with E-state index < -0.39 is 0 Å². The highest BCUT2D eigenvalue weighted by molar-refractivity contribution is 14.1. The molecule has 0 aliphatic rings. The van der Waals surface area contributed by atoms with E-state index in [1.807, 2.05) is 23.8 Å². The van der Waals surface area contributed by atoms with Gasteiger partial charge in [-0.2, -0.15) is 0 Å². The number of carbonyl (C=O) groups excluding carboxylic acids is 1. The normalized spacial score (nSPS) is 10.4. The molecule has 2 aromatic heterocycles. The second kappa shape index (κ2) is 5.24. The van der Waals surface area contributed by atoms with Crippen molar-refractivity contribution < 1.29 is 4.79 Å². The molecule has 0 aromatic carbocycles. The van der Waals surface area contributed by atoms with Gasteiger partial charge in [-0.25, -0.2) is 4.98 Å². The van der Waals surface area contributed by atoms with Crippen molar-refractivity contribution in [3.63, 3.8) is 0 Å². The average Bonchev–Trinajstić information content (AvgIpc) is 2.84. The summed E-state index contributed by atoms with van der Waals surface area (Å²) in [4.78, 5) is 16.0. The lowest BCUT2D eigenvalue weighted by molar-refractivity contribution is 0.0951. The first-order valence-electron chi connectivity index (χ1n) is 4.58. The number of hydrogen-bond acceptors (Lipinski definition) is 4. The quantitative estimate of drug-likeness (QED) is 0.851. The summed E-state index contributed by atoms with van der Waals surface area (Å²) < 4.78 is 1.12. The summed E-state index contributed by atoms with van der Waals surface area (Å²) >= 11 is 5.37. The molecule has 0 radical (unpaired) electrons. The van der Waals surface area contributed by atoms with Crippen molar-refractivity contribution in [3.05, 3.63) is 36.0 Å². The van der Waals surface area contributed by atoms with Crippen LogP contribution in [0.2, 0.25) is 0 Å². The number of thiophene rings is 1. The van der Waals surface area contributed by atoms with Crippen molar-refractivity contribution in [3.8, 4) is 0 Å². The molecule has 1 N–H and O–H groups in total. The van der Waals surface area contributed by atoms with E-state index in [2.05, 4.69) is 32.9 Å². The number of amides is 1. The molecule has 0 unspecified atom stereocenters. The summed E-state index contributed by atoms with van der Waals surface area (Å²) in [5.74, 6) is -0.0372. The predicted molar refractivity (Wildman–Crippen MR) is 75.1 cm³/mol. The fourth-order valence-corrected chi connectivity index (χ4v) is 3.13. The van der Waals surface area contributed by atoms with Gasteiger partial charge < -0.3 is 5.32 Å². The van der Waals surface area contributed by atoms with Gasteiger partial charge >= 0.3 is 0 Å². The minimum atomic E-state index is -0.0372. The van der Waals surface area contributed by atoms with Crippen LogP contribution in [0.3, 0.4) is 0 Å². The molecule has 0 spiro atoms. The largest absolute Gasteiger partial charge is 0.346 e. The van der Waals surface area contributed by atoms with Crippen LogP contribution in [0.25, 0.3) is 0 Å². The molecular weight excluding hydrogens is 355 g/mol. The fraction of sp³-hybridized carbons (Fsp3) is 0.200. The Hall–Kier alpha value is -0.470. The zero-order chi connectivity index (χ0) is 11.5. The average molecular weight is 364 g/mol.